The van der Waals surface area contributed by atoms with Gasteiger partial charge < -0.3 is 15.4 Å². The Bertz CT molecular complexity index is 679. The van der Waals surface area contributed by atoms with Gasteiger partial charge in [0.2, 0.25) is 0 Å². The number of nitrogens with one attached hydrogen (secondary N) is 2. The molecule has 0 fully saturated rings. The Balaban J connectivity index is 2.38. The number of pyridine rings is 1. The summed E-state index contributed by atoms with van der Waals surface area (Å²) in [6.07, 6.45) is 2.82. The summed E-state index contributed by atoms with van der Waals surface area (Å²) >= 11 is 0. The van der Waals surface area contributed by atoms with Gasteiger partial charge in [0, 0.05) is 12.4 Å². The van der Waals surface area contributed by atoms with E-state index in [2.05, 4.69) is 20.3 Å². The van der Waals surface area contributed by atoms with Crippen molar-refractivity contribution >= 4 is 23.0 Å². The molecule has 0 unspecified atom stereocenters. The van der Waals surface area contributed by atoms with Gasteiger partial charge in [-0.2, -0.15) is 0 Å². The van der Waals surface area contributed by atoms with E-state index in [0.717, 1.165) is 0 Å². The van der Waals surface area contributed by atoms with Crippen molar-refractivity contribution in [1.82, 2.24) is 20.3 Å². The predicted octanol–water partition coefficient (Wildman–Crippen LogP) is -0.868. The SMILES string of the molecule is O=C(O)CNC(=O)c1cc2nccnc2[nH]c1=O. The Kier molecular flexibility index (Phi) is 3.00. The summed E-state index contributed by atoms with van der Waals surface area (Å²) in [4.78, 5) is 43.7. The highest BCUT2D eigenvalue weighted by Crippen LogP contribution is 2.03. The number of aromatic nitrogens is 3. The van der Waals surface area contributed by atoms with Gasteiger partial charge in [-0.1, -0.05) is 0 Å². The summed E-state index contributed by atoms with van der Waals surface area (Å²) in [7, 11) is 0. The first-order chi connectivity index (χ1) is 8.58. The maximum atomic E-state index is 11.6. The third kappa shape index (κ3) is 2.32. The Morgan fingerprint density at radius 2 is 2.06 bits per heavy atom. The van der Waals surface area contributed by atoms with Crippen LogP contribution in [-0.4, -0.2) is 38.5 Å². The van der Waals surface area contributed by atoms with E-state index in [0.29, 0.717) is 5.52 Å². The first-order valence-corrected chi connectivity index (χ1v) is 4.92. The topological polar surface area (TPSA) is 125 Å². The number of hydrogen-bond donors (Lipinski definition) is 3. The van der Waals surface area contributed by atoms with Gasteiger partial charge in [0.1, 0.15) is 17.6 Å². The van der Waals surface area contributed by atoms with Crippen LogP contribution in [0.5, 0.6) is 0 Å². The second-order valence-electron chi connectivity index (χ2n) is 3.38. The Labute approximate surface area is 99.7 Å². The molecule has 92 valence electrons. The van der Waals surface area contributed by atoms with E-state index in [4.69, 9.17) is 5.11 Å². The number of amides is 1. The predicted molar refractivity (Wildman–Crippen MR) is 60.1 cm³/mol. The standard InChI is InChI=1S/C10H8N4O4/c15-7(16)4-13-9(17)5-3-6-8(14-10(5)18)12-2-1-11-6/h1-3H,4H2,(H,13,17)(H,15,16)(H,12,14,18). The number of aliphatic carboxylic acids is 1. The number of fused-ring (bicyclic) bond motifs is 1. The molecule has 0 aromatic carbocycles. The Morgan fingerprint density at radius 1 is 1.33 bits per heavy atom. The van der Waals surface area contributed by atoms with E-state index in [9.17, 15) is 14.4 Å². The normalized spacial score (nSPS) is 10.2. The molecule has 0 bridgehead atoms. The van der Waals surface area contributed by atoms with Crippen LogP contribution in [0.25, 0.3) is 11.2 Å². The third-order valence-electron chi connectivity index (χ3n) is 2.13. The highest BCUT2D eigenvalue weighted by Gasteiger charge is 2.13. The van der Waals surface area contributed by atoms with Crippen molar-refractivity contribution in [1.29, 1.82) is 0 Å². The first kappa shape index (κ1) is 11.7. The minimum Gasteiger partial charge on any atom is -0.480 e. The van der Waals surface area contributed by atoms with E-state index < -0.39 is 24.0 Å². The van der Waals surface area contributed by atoms with Crippen LogP contribution >= 0.6 is 0 Å². The lowest BCUT2D eigenvalue weighted by Gasteiger charge is -2.02. The monoisotopic (exact) mass is 248 g/mol. The van der Waals surface area contributed by atoms with Gasteiger partial charge in [-0.25, -0.2) is 4.98 Å². The van der Waals surface area contributed by atoms with E-state index >= 15 is 0 Å². The van der Waals surface area contributed by atoms with Gasteiger partial charge in [0.25, 0.3) is 11.5 Å². The number of hydrogen-bond acceptors (Lipinski definition) is 5. The van der Waals surface area contributed by atoms with Crippen LogP contribution in [0.2, 0.25) is 0 Å². The summed E-state index contributed by atoms with van der Waals surface area (Å²) in [5.74, 6) is -1.97. The summed E-state index contributed by atoms with van der Waals surface area (Å²) in [6, 6.07) is 1.26. The number of carbonyl (C=O) groups excluding carboxylic acids is 1. The fraction of sp³-hybridized carbons (Fsp3) is 0.100. The molecule has 0 spiro atoms. The van der Waals surface area contributed by atoms with E-state index in [1.165, 1.54) is 18.5 Å². The van der Waals surface area contributed by atoms with Crippen LogP contribution in [-0.2, 0) is 4.79 Å². The number of nitrogens with zero attached hydrogens (tertiary/aromatic N) is 2. The van der Waals surface area contributed by atoms with Crippen molar-refractivity contribution in [2.45, 2.75) is 0 Å². The molecule has 0 aliphatic rings. The van der Waals surface area contributed by atoms with E-state index in [1.807, 2.05) is 0 Å². The number of aromatic amines is 1. The lowest BCUT2D eigenvalue weighted by atomic mass is 10.2. The van der Waals surface area contributed by atoms with Crippen LogP contribution in [0.1, 0.15) is 10.4 Å². The van der Waals surface area contributed by atoms with E-state index in [-0.39, 0.29) is 11.2 Å². The molecule has 0 saturated carbocycles. The summed E-state index contributed by atoms with van der Waals surface area (Å²) in [5, 5.41) is 10.5. The molecule has 2 aromatic heterocycles. The highest BCUT2D eigenvalue weighted by atomic mass is 16.4. The molecule has 3 N–H and O–H groups in total. The van der Waals surface area contributed by atoms with E-state index in [1.54, 1.807) is 0 Å². The number of rotatable bonds is 3. The molecule has 2 rings (SSSR count). The molecule has 8 nitrogen and oxygen atoms in total. The molecule has 1 amide bonds. The molecule has 2 aromatic rings. The third-order valence-corrected chi connectivity index (χ3v) is 2.13. The van der Waals surface area contributed by atoms with Gasteiger partial charge in [-0.15, -0.1) is 0 Å². The summed E-state index contributed by atoms with van der Waals surface area (Å²) in [5.41, 5.74) is -0.245. The molecular weight excluding hydrogens is 240 g/mol. The number of carboxylic acid groups (broad SMARTS) is 1. The Hall–Kier alpha value is -2.77. The fourth-order valence-electron chi connectivity index (χ4n) is 1.35. The van der Waals surface area contributed by atoms with Crippen molar-refractivity contribution in [2.24, 2.45) is 0 Å². The number of carboxylic acids is 1. The molecule has 0 aliphatic carbocycles. The number of carbonyl (C=O) groups is 2. The lowest BCUT2D eigenvalue weighted by molar-refractivity contribution is -0.135. The van der Waals surface area contributed by atoms with Crippen molar-refractivity contribution in [2.75, 3.05) is 6.54 Å². The van der Waals surface area contributed by atoms with Crippen molar-refractivity contribution in [3.63, 3.8) is 0 Å². The van der Waals surface area contributed by atoms with Crippen LogP contribution in [0.15, 0.2) is 23.3 Å². The minimum atomic E-state index is -1.19. The highest BCUT2D eigenvalue weighted by molar-refractivity contribution is 5.97. The van der Waals surface area contributed by atoms with Crippen LogP contribution in [0, 0.1) is 0 Å². The lowest BCUT2D eigenvalue weighted by Crippen LogP contribution is -2.33. The molecule has 2 heterocycles. The van der Waals surface area contributed by atoms with Crippen LogP contribution < -0.4 is 10.9 Å². The molecule has 0 radical (unpaired) electrons. The molecule has 18 heavy (non-hydrogen) atoms. The second kappa shape index (κ2) is 4.62. The molecule has 0 saturated heterocycles. The van der Waals surface area contributed by atoms with Gasteiger partial charge in [0.05, 0.1) is 0 Å². The maximum absolute atomic E-state index is 11.6. The zero-order chi connectivity index (χ0) is 13.1. The summed E-state index contributed by atoms with van der Waals surface area (Å²) < 4.78 is 0. The van der Waals surface area contributed by atoms with Gasteiger partial charge in [-0.05, 0) is 6.07 Å². The average molecular weight is 248 g/mol. The quantitative estimate of drug-likeness (QED) is 0.648. The smallest absolute Gasteiger partial charge is 0.322 e. The van der Waals surface area contributed by atoms with Crippen molar-refractivity contribution in [3.05, 3.63) is 34.4 Å². The first-order valence-electron chi connectivity index (χ1n) is 4.92. The molecular formula is C10H8N4O4. The van der Waals surface area contributed by atoms with Crippen LogP contribution in [0.4, 0.5) is 0 Å². The van der Waals surface area contributed by atoms with Gasteiger partial charge >= 0.3 is 5.97 Å². The molecule has 0 aliphatic heterocycles. The maximum Gasteiger partial charge on any atom is 0.322 e. The zero-order valence-corrected chi connectivity index (χ0v) is 9.01. The Morgan fingerprint density at radius 3 is 2.78 bits per heavy atom. The van der Waals surface area contributed by atoms with Gasteiger partial charge in [0.15, 0.2) is 5.65 Å². The summed E-state index contributed by atoms with van der Waals surface area (Å²) in [6.45, 7) is -0.559. The molecule has 0 atom stereocenters. The van der Waals surface area contributed by atoms with Crippen molar-refractivity contribution in [3.8, 4) is 0 Å². The van der Waals surface area contributed by atoms with Crippen molar-refractivity contribution < 1.29 is 14.7 Å². The fourth-order valence-corrected chi connectivity index (χ4v) is 1.35. The second-order valence-corrected chi connectivity index (χ2v) is 3.38. The van der Waals surface area contributed by atoms with Gasteiger partial charge in [-0.3, -0.25) is 19.4 Å². The minimum absolute atomic E-state index is 0.204. The number of H-pyrrole nitrogens is 1. The molecule has 8 heteroatoms. The average Bonchev–Trinajstić information content (AvgIpc) is 2.35. The zero-order valence-electron chi connectivity index (χ0n) is 9.01. The van der Waals surface area contributed by atoms with Crippen LogP contribution in [0.3, 0.4) is 0 Å². The largest absolute Gasteiger partial charge is 0.480 e.